The second-order valence-electron chi connectivity index (χ2n) is 10.3. The van der Waals surface area contributed by atoms with E-state index in [2.05, 4.69) is 119 Å². The predicted molar refractivity (Wildman–Crippen MR) is 170 cm³/mol. The summed E-state index contributed by atoms with van der Waals surface area (Å²) in [6, 6.07) is 36.4. The van der Waals surface area contributed by atoms with Crippen LogP contribution in [0.5, 0.6) is 0 Å². The summed E-state index contributed by atoms with van der Waals surface area (Å²) in [5.74, 6) is 0.698. The van der Waals surface area contributed by atoms with Crippen LogP contribution in [-0.2, 0) is 33.7 Å². The zero-order valence-electron chi connectivity index (χ0n) is 23.1. The van der Waals surface area contributed by atoms with Gasteiger partial charge in [-0.2, -0.15) is 35.5 Å². The standard InChI is InChI=1S/C23H27.C12H7Si.2ClH.Zr/c1-5-8-19-11-12-20-14-18(13-16(2)3)15-22(20)23(19)21-10-7-6-9-17(21)4;1-3-7-11-9(5-1)10-6-2-4-8-12(10)13-11;;;/h6-7,9-12,14-16H,5,8,13H2,1-4H3;1-7H;2*1H;/q2*-1;;;+4/p-2. The molecule has 1 aliphatic heterocycles. The Balaban J connectivity index is 0.000000184. The van der Waals surface area contributed by atoms with Gasteiger partial charge in [-0.15, -0.1) is 40.1 Å². The van der Waals surface area contributed by atoms with E-state index < -0.39 is 20.8 Å². The Labute approximate surface area is 255 Å². The Bertz CT molecular complexity index is 1480. The molecule has 0 spiro atoms. The van der Waals surface area contributed by atoms with Crippen LogP contribution in [0.15, 0.2) is 91.0 Å². The topological polar surface area (TPSA) is 0 Å². The molecule has 4 heteroatoms. The molecule has 196 valence electrons. The maximum atomic E-state index is 4.93. The Morgan fingerprint density at radius 1 is 0.897 bits per heavy atom. The molecule has 0 atom stereocenters. The van der Waals surface area contributed by atoms with E-state index in [9.17, 15) is 0 Å². The van der Waals surface area contributed by atoms with Crippen molar-refractivity contribution in [3.8, 4) is 22.3 Å². The van der Waals surface area contributed by atoms with Crippen LogP contribution in [0.4, 0.5) is 0 Å². The Hall–Kier alpha value is -1.83. The fraction of sp³-hybridized carbons (Fsp3) is 0.229. The van der Waals surface area contributed by atoms with Crippen LogP contribution in [0.1, 0.15) is 43.9 Å². The van der Waals surface area contributed by atoms with Crippen LogP contribution in [-0.4, -0.2) is 9.52 Å². The van der Waals surface area contributed by atoms with Crippen molar-refractivity contribution in [3.63, 3.8) is 0 Å². The molecule has 0 nitrogen and oxygen atoms in total. The zero-order chi connectivity index (χ0) is 27.8. The normalized spacial score (nSPS) is 11.2. The van der Waals surface area contributed by atoms with Gasteiger partial charge in [0.1, 0.15) is 0 Å². The van der Waals surface area contributed by atoms with E-state index in [1.165, 1.54) is 66.5 Å². The average Bonchev–Trinajstić information content (AvgIpc) is 3.51. The third kappa shape index (κ3) is 7.47. The van der Waals surface area contributed by atoms with Crippen LogP contribution in [0.2, 0.25) is 0 Å². The summed E-state index contributed by atoms with van der Waals surface area (Å²) in [6.45, 7) is 9.08. The molecule has 1 heterocycles. The van der Waals surface area contributed by atoms with Crippen LogP contribution in [0.25, 0.3) is 33.0 Å². The van der Waals surface area contributed by atoms with Crippen LogP contribution in [0, 0.1) is 18.9 Å². The van der Waals surface area contributed by atoms with Crippen molar-refractivity contribution in [2.24, 2.45) is 5.92 Å². The molecular weight excluding hydrogens is 611 g/mol. The molecule has 0 saturated heterocycles. The molecule has 39 heavy (non-hydrogen) atoms. The summed E-state index contributed by atoms with van der Waals surface area (Å²) in [5, 5.41) is 5.64. The van der Waals surface area contributed by atoms with Crippen molar-refractivity contribution in [2.75, 3.05) is 0 Å². The fourth-order valence-electron chi connectivity index (χ4n) is 5.35. The smallest absolute Gasteiger partial charge is 0.0920 e. The first-order chi connectivity index (χ1) is 19.0. The number of rotatable bonds is 5. The monoisotopic (exact) mass is 642 g/mol. The number of hydrogen-bond donors (Lipinski definition) is 0. The van der Waals surface area contributed by atoms with Gasteiger partial charge in [0.25, 0.3) is 0 Å². The molecule has 0 saturated carbocycles. The van der Waals surface area contributed by atoms with E-state index in [1.807, 2.05) is 6.07 Å². The van der Waals surface area contributed by atoms with Gasteiger partial charge in [-0.05, 0) is 36.8 Å². The maximum Gasteiger partial charge on any atom is 0.0920 e. The van der Waals surface area contributed by atoms with Gasteiger partial charge in [-0.25, -0.2) is 0 Å². The predicted octanol–water partition coefficient (Wildman–Crippen LogP) is 9.18. The minimum atomic E-state index is -0.826. The molecule has 6 rings (SSSR count). The van der Waals surface area contributed by atoms with Gasteiger partial charge < -0.3 is 0 Å². The third-order valence-electron chi connectivity index (χ3n) is 6.95. The van der Waals surface area contributed by atoms with Crippen molar-refractivity contribution in [3.05, 3.63) is 114 Å². The molecule has 0 N–H and O–H groups in total. The maximum absolute atomic E-state index is 4.93. The van der Waals surface area contributed by atoms with Gasteiger partial charge in [0.05, 0.1) is 9.52 Å². The van der Waals surface area contributed by atoms with Crippen molar-refractivity contribution in [1.82, 2.24) is 0 Å². The largest absolute Gasteiger partial charge is 0.184 e. The SMILES string of the molecule is CCCc1ccc2[cH-]c(CC(C)C)cc2c1-c1ccccc1C.[Cl][Zr+2][Cl].[c-]1cccc2c1[Si]c1ccccc1-2. The average molecular weight is 645 g/mol. The van der Waals surface area contributed by atoms with E-state index in [4.69, 9.17) is 17.0 Å². The van der Waals surface area contributed by atoms with Gasteiger partial charge in [-0.3, -0.25) is 0 Å². The Morgan fingerprint density at radius 2 is 1.59 bits per heavy atom. The molecule has 1 aliphatic rings. The van der Waals surface area contributed by atoms with Crippen LogP contribution in [0.3, 0.4) is 0 Å². The van der Waals surface area contributed by atoms with Crippen molar-refractivity contribution < 1.29 is 20.8 Å². The van der Waals surface area contributed by atoms with Crippen molar-refractivity contribution in [1.29, 1.82) is 0 Å². The first-order valence-electron chi connectivity index (χ1n) is 13.6. The van der Waals surface area contributed by atoms with E-state index in [1.54, 1.807) is 0 Å². The molecule has 0 fully saturated rings. The summed E-state index contributed by atoms with van der Waals surface area (Å²) >= 11 is -0.826. The molecule has 5 aromatic carbocycles. The molecular formula is C35H34Cl2SiZr. The Morgan fingerprint density at radius 3 is 2.31 bits per heavy atom. The van der Waals surface area contributed by atoms with E-state index >= 15 is 0 Å². The van der Waals surface area contributed by atoms with Crippen LogP contribution >= 0.6 is 17.0 Å². The zero-order valence-corrected chi connectivity index (χ0v) is 28.1. The summed E-state index contributed by atoms with van der Waals surface area (Å²) < 4.78 is 0. The van der Waals surface area contributed by atoms with Gasteiger partial charge in [0, 0.05) is 0 Å². The summed E-state index contributed by atoms with van der Waals surface area (Å²) in [6.07, 6.45) is 3.49. The Kier molecular flexibility index (Phi) is 11.4. The first kappa shape index (κ1) is 30.1. The minimum Gasteiger partial charge on any atom is -0.184 e. The number of fused-ring (bicyclic) bond motifs is 4. The second kappa shape index (κ2) is 14.7. The van der Waals surface area contributed by atoms with Gasteiger partial charge in [-0.1, -0.05) is 97.6 Å². The summed E-state index contributed by atoms with van der Waals surface area (Å²) in [5.41, 5.74) is 9.93. The molecule has 0 unspecified atom stereocenters. The molecule has 0 amide bonds. The minimum absolute atomic E-state index is 0.698. The first-order valence-corrected chi connectivity index (χ1v) is 20.9. The molecule has 0 aliphatic carbocycles. The second-order valence-corrected chi connectivity index (χ2v) is 15.4. The number of aryl methyl sites for hydroxylation is 2. The third-order valence-corrected chi connectivity index (χ3v) is 8.32. The van der Waals surface area contributed by atoms with E-state index in [0.717, 1.165) is 22.4 Å². The summed E-state index contributed by atoms with van der Waals surface area (Å²) in [7, 11) is 10.7. The number of halogens is 2. The van der Waals surface area contributed by atoms with Crippen LogP contribution < -0.4 is 10.4 Å². The molecule has 0 bridgehead atoms. The quantitative estimate of drug-likeness (QED) is 0.130. The number of hydrogen-bond acceptors (Lipinski definition) is 0. The van der Waals surface area contributed by atoms with Gasteiger partial charge in [0.2, 0.25) is 0 Å². The van der Waals surface area contributed by atoms with Crippen molar-refractivity contribution >= 4 is 47.7 Å². The van der Waals surface area contributed by atoms with E-state index in [0.29, 0.717) is 5.92 Å². The van der Waals surface area contributed by atoms with Gasteiger partial charge >= 0.3 is 37.9 Å². The summed E-state index contributed by atoms with van der Waals surface area (Å²) in [4.78, 5) is 0. The number of benzene rings is 4. The molecule has 0 aromatic heterocycles. The van der Waals surface area contributed by atoms with Crippen molar-refractivity contribution in [2.45, 2.75) is 47.0 Å². The molecule has 5 aromatic rings. The molecule has 2 radical (unpaired) electrons. The van der Waals surface area contributed by atoms with E-state index in [-0.39, 0.29) is 0 Å². The fourth-order valence-corrected chi connectivity index (χ4v) is 6.66. The van der Waals surface area contributed by atoms with Gasteiger partial charge in [0.15, 0.2) is 0 Å².